The summed E-state index contributed by atoms with van der Waals surface area (Å²) < 4.78 is 5.72. The van der Waals surface area contributed by atoms with E-state index in [0.717, 1.165) is 5.92 Å². The Hall–Kier alpha value is 0.440. The molecule has 2 aliphatic heterocycles. The summed E-state index contributed by atoms with van der Waals surface area (Å²) >= 11 is 3.62. The van der Waals surface area contributed by atoms with Crippen LogP contribution in [0, 0.1) is 5.92 Å². The van der Waals surface area contributed by atoms with Crippen molar-refractivity contribution in [2.24, 2.45) is 5.92 Å². The number of hydrogen-bond acceptors (Lipinski definition) is 1. The van der Waals surface area contributed by atoms with Gasteiger partial charge in [0.05, 0.1) is 12.2 Å². The molecule has 2 heteroatoms. The fourth-order valence-electron chi connectivity index (χ4n) is 2.16. The first-order valence-corrected chi connectivity index (χ1v) is 4.98. The average molecular weight is 205 g/mol. The molecule has 4 atom stereocenters. The molecule has 2 bridgehead atoms. The van der Waals surface area contributed by atoms with Crippen LogP contribution in [0.4, 0.5) is 0 Å². The lowest BCUT2D eigenvalue weighted by Gasteiger charge is -2.20. The first-order chi connectivity index (χ1) is 4.77. The van der Waals surface area contributed by atoms with E-state index in [4.69, 9.17) is 4.74 Å². The third kappa shape index (κ3) is 1.02. The first kappa shape index (κ1) is 7.11. The smallest absolute Gasteiger partial charge is 0.0619 e. The number of halogens is 1. The monoisotopic (exact) mass is 204 g/mol. The van der Waals surface area contributed by atoms with Gasteiger partial charge in [0.1, 0.15) is 0 Å². The van der Waals surface area contributed by atoms with Crippen molar-refractivity contribution in [3.05, 3.63) is 0 Å². The van der Waals surface area contributed by atoms with Crippen LogP contribution in [0.15, 0.2) is 0 Å². The maximum Gasteiger partial charge on any atom is 0.0619 e. The Labute approximate surface area is 70.3 Å². The van der Waals surface area contributed by atoms with Crippen molar-refractivity contribution in [3.8, 4) is 0 Å². The van der Waals surface area contributed by atoms with Gasteiger partial charge in [0.25, 0.3) is 0 Å². The molecule has 0 aromatic heterocycles. The molecule has 0 aromatic rings. The third-order valence-corrected chi connectivity index (χ3v) is 3.42. The Morgan fingerprint density at radius 3 is 2.60 bits per heavy atom. The Kier molecular flexibility index (Phi) is 1.77. The number of alkyl halides is 1. The number of fused-ring (bicyclic) bond motifs is 2. The van der Waals surface area contributed by atoms with Gasteiger partial charge in [-0.05, 0) is 25.2 Å². The van der Waals surface area contributed by atoms with Crippen LogP contribution in [-0.4, -0.2) is 17.0 Å². The van der Waals surface area contributed by atoms with Crippen LogP contribution in [0.25, 0.3) is 0 Å². The van der Waals surface area contributed by atoms with Gasteiger partial charge in [-0.2, -0.15) is 0 Å². The summed E-state index contributed by atoms with van der Waals surface area (Å²) in [4.78, 5) is 0.641. The van der Waals surface area contributed by atoms with E-state index < -0.39 is 0 Å². The molecule has 0 N–H and O–H groups in total. The van der Waals surface area contributed by atoms with Gasteiger partial charge in [-0.25, -0.2) is 0 Å². The lowest BCUT2D eigenvalue weighted by Crippen LogP contribution is -2.22. The molecule has 0 saturated carbocycles. The molecule has 10 heavy (non-hydrogen) atoms. The zero-order valence-electron chi connectivity index (χ0n) is 6.22. The van der Waals surface area contributed by atoms with Gasteiger partial charge in [-0.3, -0.25) is 0 Å². The van der Waals surface area contributed by atoms with Crippen LogP contribution in [0.1, 0.15) is 26.2 Å². The van der Waals surface area contributed by atoms with Crippen molar-refractivity contribution in [1.29, 1.82) is 0 Å². The number of ether oxygens (including phenoxy) is 1. The third-order valence-electron chi connectivity index (χ3n) is 2.74. The van der Waals surface area contributed by atoms with E-state index in [1.54, 1.807) is 0 Å². The molecule has 58 valence electrons. The standard InChI is InChI=1S/C8H13BrO/c1-5(9)7-4-6-2-3-8(7)10-6/h5-8H,2-4H2,1H3. The number of rotatable bonds is 1. The first-order valence-electron chi connectivity index (χ1n) is 4.07. The molecule has 0 aromatic carbocycles. The fourth-order valence-corrected chi connectivity index (χ4v) is 2.72. The lowest BCUT2D eigenvalue weighted by atomic mass is 9.87. The molecule has 2 saturated heterocycles. The largest absolute Gasteiger partial charge is 0.375 e. The van der Waals surface area contributed by atoms with Crippen LogP contribution in [0.3, 0.4) is 0 Å². The normalized spacial score (nSPS) is 48.0. The molecule has 0 aliphatic carbocycles. The summed E-state index contributed by atoms with van der Waals surface area (Å²) in [5.41, 5.74) is 0. The Bertz CT molecular complexity index is 135. The van der Waals surface area contributed by atoms with Crippen LogP contribution in [0.2, 0.25) is 0 Å². The summed E-state index contributed by atoms with van der Waals surface area (Å²) in [5.74, 6) is 0.791. The van der Waals surface area contributed by atoms with E-state index in [0.29, 0.717) is 17.0 Å². The predicted molar refractivity (Wildman–Crippen MR) is 44.4 cm³/mol. The van der Waals surface area contributed by atoms with Gasteiger partial charge in [0, 0.05) is 4.83 Å². The van der Waals surface area contributed by atoms with E-state index in [1.807, 2.05) is 0 Å². The molecular weight excluding hydrogens is 192 g/mol. The van der Waals surface area contributed by atoms with Crippen LogP contribution < -0.4 is 0 Å². The quantitative estimate of drug-likeness (QED) is 0.597. The molecule has 0 amide bonds. The minimum absolute atomic E-state index is 0.583. The van der Waals surface area contributed by atoms with Crippen LogP contribution in [0.5, 0.6) is 0 Å². The van der Waals surface area contributed by atoms with E-state index >= 15 is 0 Å². The highest BCUT2D eigenvalue weighted by Crippen LogP contribution is 2.41. The molecule has 4 unspecified atom stereocenters. The van der Waals surface area contributed by atoms with Gasteiger partial charge >= 0.3 is 0 Å². The van der Waals surface area contributed by atoms with Crippen LogP contribution >= 0.6 is 15.9 Å². The van der Waals surface area contributed by atoms with E-state index in [-0.39, 0.29) is 0 Å². The van der Waals surface area contributed by atoms with Crippen molar-refractivity contribution >= 4 is 15.9 Å². The molecule has 2 aliphatic rings. The average Bonchev–Trinajstić information content (AvgIpc) is 2.44. The molecule has 1 nitrogen and oxygen atoms in total. The predicted octanol–water partition coefficient (Wildman–Crippen LogP) is 2.34. The van der Waals surface area contributed by atoms with Gasteiger partial charge < -0.3 is 4.74 Å². The zero-order valence-corrected chi connectivity index (χ0v) is 7.80. The van der Waals surface area contributed by atoms with Crippen molar-refractivity contribution < 1.29 is 4.74 Å². The van der Waals surface area contributed by atoms with Gasteiger partial charge in [-0.15, -0.1) is 0 Å². The molecule has 0 spiro atoms. The Balaban J connectivity index is 2.02. The Morgan fingerprint density at radius 2 is 2.30 bits per heavy atom. The second-order valence-electron chi connectivity index (χ2n) is 3.45. The van der Waals surface area contributed by atoms with Crippen molar-refractivity contribution in [2.75, 3.05) is 0 Å². The summed E-state index contributed by atoms with van der Waals surface area (Å²) in [6, 6.07) is 0. The van der Waals surface area contributed by atoms with Gasteiger partial charge in [0.15, 0.2) is 0 Å². The maximum absolute atomic E-state index is 5.72. The molecule has 2 fully saturated rings. The highest BCUT2D eigenvalue weighted by Gasteiger charge is 2.42. The van der Waals surface area contributed by atoms with Crippen molar-refractivity contribution in [1.82, 2.24) is 0 Å². The van der Waals surface area contributed by atoms with Crippen molar-refractivity contribution in [3.63, 3.8) is 0 Å². The fraction of sp³-hybridized carbons (Fsp3) is 1.00. The summed E-state index contributed by atoms with van der Waals surface area (Å²) in [5, 5.41) is 0. The van der Waals surface area contributed by atoms with Gasteiger partial charge in [0.2, 0.25) is 0 Å². The lowest BCUT2D eigenvalue weighted by molar-refractivity contribution is 0.0930. The summed E-state index contributed by atoms with van der Waals surface area (Å²) in [6.07, 6.45) is 5.08. The van der Waals surface area contributed by atoms with Gasteiger partial charge in [-0.1, -0.05) is 22.9 Å². The van der Waals surface area contributed by atoms with Crippen LogP contribution in [-0.2, 0) is 4.74 Å². The SMILES string of the molecule is CC(Br)C1CC2CCC1O2. The highest BCUT2D eigenvalue weighted by molar-refractivity contribution is 9.09. The molecular formula is C8H13BrO. The molecule has 0 radical (unpaired) electrons. The zero-order chi connectivity index (χ0) is 7.14. The maximum atomic E-state index is 5.72. The van der Waals surface area contributed by atoms with E-state index in [9.17, 15) is 0 Å². The van der Waals surface area contributed by atoms with E-state index in [2.05, 4.69) is 22.9 Å². The summed E-state index contributed by atoms with van der Waals surface area (Å²) in [6.45, 7) is 2.23. The molecule has 2 heterocycles. The minimum atomic E-state index is 0.583. The topological polar surface area (TPSA) is 9.23 Å². The number of hydrogen-bond donors (Lipinski definition) is 0. The minimum Gasteiger partial charge on any atom is -0.375 e. The second-order valence-corrected chi connectivity index (χ2v) is 4.90. The van der Waals surface area contributed by atoms with Crippen molar-refractivity contribution in [2.45, 2.75) is 43.2 Å². The van der Waals surface area contributed by atoms with E-state index in [1.165, 1.54) is 19.3 Å². The molecule has 2 rings (SSSR count). The highest BCUT2D eigenvalue weighted by atomic mass is 79.9. The second kappa shape index (κ2) is 2.49. The summed E-state index contributed by atoms with van der Waals surface area (Å²) in [7, 11) is 0. The Morgan fingerprint density at radius 1 is 1.50 bits per heavy atom.